The van der Waals surface area contributed by atoms with Crippen molar-refractivity contribution < 1.29 is 23.5 Å². The summed E-state index contributed by atoms with van der Waals surface area (Å²) in [7, 11) is 1.51. The highest BCUT2D eigenvalue weighted by Crippen LogP contribution is 2.20. The van der Waals surface area contributed by atoms with Gasteiger partial charge in [-0.1, -0.05) is 6.07 Å². The number of halogens is 1. The molecule has 130 valence electrons. The van der Waals surface area contributed by atoms with Crippen molar-refractivity contribution in [2.45, 2.75) is 13.5 Å². The molecule has 0 atom stereocenters. The van der Waals surface area contributed by atoms with E-state index in [0.717, 1.165) is 6.07 Å². The quantitative estimate of drug-likeness (QED) is 0.496. The Hall–Kier alpha value is -3.22. The molecule has 0 spiro atoms. The third-order valence-corrected chi connectivity index (χ3v) is 3.20. The molecule has 1 amide bonds. The maximum absolute atomic E-state index is 13.1. The van der Waals surface area contributed by atoms with Crippen LogP contribution in [0.2, 0.25) is 0 Å². The van der Waals surface area contributed by atoms with Crippen LogP contribution in [0.3, 0.4) is 0 Å². The van der Waals surface area contributed by atoms with Gasteiger partial charge in [-0.3, -0.25) is 9.59 Å². The normalized spacial score (nSPS) is 10.5. The number of carbonyl (C=O) groups is 2. The minimum absolute atomic E-state index is 0.0653. The molecule has 0 saturated heterocycles. The molecular weight excluding hydrogens is 327 g/mol. The Morgan fingerprint density at radius 1 is 1.24 bits per heavy atom. The molecule has 0 heterocycles. The van der Waals surface area contributed by atoms with Crippen molar-refractivity contribution >= 4 is 18.1 Å². The predicted octanol–water partition coefficient (Wildman–Crippen LogP) is 2.66. The van der Waals surface area contributed by atoms with Gasteiger partial charge in [0.1, 0.15) is 18.2 Å². The molecule has 0 aliphatic heterocycles. The summed E-state index contributed by atoms with van der Waals surface area (Å²) in [5.74, 6) is -0.850. The van der Waals surface area contributed by atoms with E-state index in [9.17, 15) is 14.0 Å². The number of hydrogen-bond acceptors (Lipinski definition) is 5. The zero-order valence-electron chi connectivity index (χ0n) is 13.8. The van der Waals surface area contributed by atoms with Crippen LogP contribution in [-0.2, 0) is 16.1 Å². The van der Waals surface area contributed by atoms with E-state index in [1.54, 1.807) is 18.2 Å². The topological polar surface area (TPSA) is 77.0 Å². The Morgan fingerprint density at radius 3 is 2.72 bits per heavy atom. The van der Waals surface area contributed by atoms with Gasteiger partial charge in [-0.25, -0.2) is 9.82 Å². The van der Waals surface area contributed by atoms with Crippen LogP contribution in [0.5, 0.6) is 5.75 Å². The summed E-state index contributed by atoms with van der Waals surface area (Å²) in [5.41, 5.74) is 3.82. The summed E-state index contributed by atoms with van der Waals surface area (Å²) in [6, 6.07) is 10.5. The number of nitrogens with zero attached hydrogens (tertiary/aromatic N) is 1. The van der Waals surface area contributed by atoms with E-state index in [1.807, 2.05) is 0 Å². The summed E-state index contributed by atoms with van der Waals surface area (Å²) in [5, 5.41) is 3.84. The maximum Gasteiger partial charge on any atom is 0.302 e. The number of hydrogen-bond donors (Lipinski definition) is 1. The first-order valence-corrected chi connectivity index (χ1v) is 7.39. The first-order valence-electron chi connectivity index (χ1n) is 7.39. The third kappa shape index (κ3) is 5.42. The third-order valence-electron chi connectivity index (χ3n) is 3.20. The fourth-order valence-electron chi connectivity index (χ4n) is 2.03. The lowest BCUT2D eigenvalue weighted by Gasteiger charge is -2.09. The molecule has 2 aromatic rings. The summed E-state index contributed by atoms with van der Waals surface area (Å²) < 4.78 is 23.3. The predicted molar refractivity (Wildman–Crippen MR) is 89.9 cm³/mol. The van der Waals surface area contributed by atoms with Crippen molar-refractivity contribution in [3.8, 4) is 5.75 Å². The van der Waals surface area contributed by atoms with Gasteiger partial charge in [0.15, 0.2) is 0 Å². The molecule has 0 aliphatic rings. The fraction of sp³-hybridized carbons (Fsp3) is 0.167. The molecule has 2 aromatic carbocycles. The Labute approximate surface area is 144 Å². The number of benzene rings is 2. The van der Waals surface area contributed by atoms with E-state index in [0.29, 0.717) is 16.9 Å². The van der Waals surface area contributed by atoms with Crippen LogP contribution < -0.4 is 10.2 Å². The summed E-state index contributed by atoms with van der Waals surface area (Å²) in [6.07, 6.45) is 1.42. The molecule has 0 aliphatic carbocycles. The van der Waals surface area contributed by atoms with Crippen LogP contribution in [0.25, 0.3) is 0 Å². The smallest absolute Gasteiger partial charge is 0.302 e. The van der Waals surface area contributed by atoms with Crippen LogP contribution in [0.15, 0.2) is 47.6 Å². The minimum Gasteiger partial charge on any atom is -0.496 e. The van der Waals surface area contributed by atoms with Crippen LogP contribution in [-0.4, -0.2) is 25.2 Å². The molecule has 0 fully saturated rings. The molecular formula is C18H17FN2O4. The van der Waals surface area contributed by atoms with Gasteiger partial charge in [-0.05, 0) is 42.0 Å². The van der Waals surface area contributed by atoms with Gasteiger partial charge < -0.3 is 9.47 Å². The molecule has 25 heavy (non-hydrogen) atoms. The van der Waals surface area contributed by atoms with Crippen molar-refractivity contribution in [2.24, 2.45) is 5.10 Å². The van der Waals surface area contributed by atoms with E-state index in [-0.39, 0.29) is 12.2 Å². The van der Waals surface area contributed by atoms with Crippen molar-refractivity contribution in [3.63, 3.8) is 0 Å². The highest BCUT2D eigenvalue weighted by Gasteiger charge is 2.07. The molecule has 0 radical (unpaired) electrons. The van der Waals surface area contributed by atoms with Gasteiger partial charge in [-0.2, -0.15) is 5.10 Å². The van der Waals surface area contributed by atoms with Crippen LogP contribution in [0.4, 0.5) is 4.39 Å². The SMILES string of the molecule is COc1ccc(/C=N\NC(=O)c2cccc(F)c2)cc1COC(C)=O. The average molecular weight is 344 g/mol. The van der Waals surface area contributed by atoms with Gasteiger partial charge >= 0.3 is 5.97 Å². The molecule has 7 heteroatoms. The lowest BCUT2D eigenvalue weighted by molar-refractivity contribution is -0.142. The second-order valence-corrected chi connectivity index (χ2v) is 5.06. The van der Waals surface area contributed by atoms with Gasteiger partial charge in [0.25, 0.3) is 5.91 Å². The van der Waals surface area contributed by atoms with E-state index in [2.05, 4.69) is 10.5 Å². The summed E-state index contributed by atoms with van der Waals surface area (Å²) >= 11 is 0. The average Bonchev–Trinajstić information content (AvgIpc) is 2.60. The molecule has 0 saturated carbocycles. The number of hydrazone groups is 1. The maximum atomic E-state index is 13.1. The number of methoxy groups -OCH3 is 1. The Bertz CT molecular complexity index is 805. The summed E-state index contributed by atoms with van der Waals surface area (Å²) in [4.78, 5) is 22.8. The highest BCUT2D eigenvalue weighted by atomic mass is 19.1. The number of nitrogens with one attached hydrogen (secondary N) is 1. The lowest BCUT2D eigenvalue weighted by Crippen LogP contribution is -2.17. The molecule has 0 bridgehead atoms. The number of ether oxygens (including phenoxy) is 2. The highest BCUT2D eigenvalue weighted by molar-refractivity contribution is 5.94. The molecule has 2 rings (SSSR count). The van der Waals surface area contributed by atoms with E-state index in [4.69, 9.17) is 9.47 Å². The Kier molecular flexibility index (Phi) is 6.22. The minimum atomic E-state index is -0.524. The fourth-order valence-corrected chi connectivity index (χ4v) is 2.03. The van der Waals surface area contributed by atoms with Gasteiger partial charge in [0.05, 0.1) is 13.3 Å². The van der Waals surface area contributed by atoms with Gasteiger partial charge in [0, 0.05) is 18.1 Å². The number of rotatable bonds is 6. The molecule has 0 aromatic heterocycles. The Morgan fingerprint density at radius 2 is 2.04 bits per heavy atom. The van der Waals surface area contributed by atoms with E-state index >= 15 is 0 Å². The van der Waals surface area contributed by atoms with Crippen LogP contribution >= 0.6 is 0 Å². The lowest BCUT2D eigenvalue weighted by atomic mass is 10.1. The first kappa shape index (κ1) is 18.1. The standard InChI is InChI=1S/C18H17FN2O4/c1-12(22)25-11-15-8-13(6-7-17(15)24-2)10-20-21-18(23)14-4-3-5-16(19)9-14/h3-10H,11H2,1-2H3,(H,21,23)/b20-10-. The second-order valence-electron chi connectivity index (χ2n) is 5.06. The monoisotopic (exact) mass is 344 g/mol. The van der Waals surface area contributed by atoms with Crippen LogP contribution in [0, 0.1) is 5.82 Å². The van der Waals surface area contributed by atoms with Crippen molar-refractivity contribution in [3.05, 3.63) is 65.0 Å². The van der Waals surface area contributed by atoms with Crippen molar-refractivity contribution in [2.75, 3.05) is 7.11 Å². The second kappa shape index (κ2) is 8.58. The van der Waals surface area contributed by atoms with E-state index < -0.39 is 17.7 Å². The zero-order valence-corrected chi connectivity index (χ0v) is 13.8. The largest absolute Gasteiger partial charge is 0.496 e. The van der Waals surface area contributed by atoms with Crippen molar-refractivity contribution in [1.82, 2.24) is 5.43 Å². The Balaban J connectivity index is 2.06. The van der Waals surface area contributed by atoms with Gasteiger partial charge in [-0.15, -0.1) is 0 Å². The van der Waals surface area contributed by atoms with Crippen LogP contribution in [0.1, 0.15) is 28.4 Å². The number of amides is 1. The zero-order chi connectivity index (χ0) is 18.2. The van der Waals surface area contributed by atoms with Crippen molar-refractivity contribution in [1.29, 1.82) is 0 Å². The number of esters is 1. The molecule has 1 N–H and O–H groups in total. The first-order chi connectivity index (χ1) is 12.0. The number of carbonyl (C=O) groups excluding carboxylic acids is 2. The molecule has 6 nitrogen and oxygen atoms in total. The summed E-state index contributed by atoms with van der Waals surface area (Å²) in [6.45, 7) is 1.38. The van der Waals surface area contributed by atoms with Gasteiger partial charge in [0.2, 0.25) is 0 Å². The molecule has 0 unspecified atom stereocenters. The van der Waals surface area contributed by atoms with E-state index in [1.165, 1.54) is 38.4 Å².